The second-order valence-corrected chi connectivity index (χ2v) is 21.5. The van der Waals surface area contributed by atoms with Gasteiger partial charge in [-0.3, -0.25) is 13.9 Å². The predicted octanol–water partition coefficient (Wildman–Crippen LogP) is 8.94. The van der Waals surface area contributed by atoms with Crippen LogP contribution in [0.3, 0.4) is 0 Å². The fourth-order valence-electron chi connectivity index (χ4n) is 9.90. The van der Waals surface area contributed by atoms with E-state index in [4.69, 9.17) is 4.74 Å². The molecule has 64 heavy (non-hydrogen) atoms. The quantitative estimate of drug-likeness (QED) is 0.0329. The highest BCUT2D eigenvalue weighted by Crippen LogP contribution is 2.53. The SMILES string of the molecule is C[N+]1=C(/C=C/C=C/C=C2N(CCCCCC(=O)NCCCCCCNC(=O)OCC3[C@H]4CC/C=C/CC[C@@H]34)c3ccc(S(=O)(=O)O)cc3C2(C)C)C(C)(C)c2cc(S(=O)(=O)O)ccc21. The van der Waals surface area contributed by atoms with E-state index in [1.165, 1.54) is 31.0 Å². The summed E-state index contributed by atoms with van der Waals surface area (Å²) in [5.74, 6) is 1.97. The number of carbonyl (C=O) groups is 2. The van der Waals surface area contributed by atoms with Crippen LogP contribution in [-0.4, -0.2) is 81.5 Å². The van der Waals surface area contributed by atoms with Crippen LogP contribution in [0.2, 0.25) is 0 Å². The summed E-state index contributed by atoms with van der Waals surface area (Å²) < 4.78 is 74.9. The first-order valence-electron chi connectivity index (χ1n) is 22.8. The smallest absolute Gasteiger partial charge is 0.407 e. The van der Waals surface area contributed by atoms with Crippen LogP contribution in [0.5, 0.6) is 0 Å². The molecule has 0 spiro atoms. The number of anilines is 1. The van der Waals surface area contributed by atoms with E-state index in [0.29, 0.717) is 50.4 Å². The summed E-state index contributed by atoms with van der Waals surface area (Å²) in [7, 11) is -6.84. The lowest BCUT2D eigenvalue weighted by Gasteiger charge is -2.27. The van der Waals surface area contributed by atoms with Gasteiger partial charge in [0.2, 0.25) is 11.6 Å². The fraction of sp³-hybridized carbons (Fsp3) is 0.531. The number of unbranched alkanes of at least 4 members (excludes halogenated alkanes) is 5. The predicted molar refractivity (Wildman–Crippen MR) is 250 cm³/mol. The zero-order valence-corrected chi connectivity index (χ0v) is 39.6. The van der Waals surface area contributed by atoms with Crippen LogP contribution in [0.25, 0.3) is 0 Å². The number of nitrogens with one attached hydrogen (secondary N) is 2. The van der Waals surface area contributed by atoms with Crippen molar-refractivity contribution < 1.29 is 44.8 Å². The normalized spacial score (nSPS) is 22.3. The third-order valence-corrected chi connectivity index (χ3v) is 15.3. The van der Waals surface area contributed by atoms with Crippen molar-refractivity contribution in [3.63, 3.8) is 0 Å². The second-order valence-electron chi connectivity index (χ2n) is 18.7. The van der Waals surface area contributed by atoms with Crippen molar-refractivity contribution in [1.29, 1.82) is 0 Å². The van der Waals surface area contributed by atoms with Crippen molar-refractivity contribution >= 4 is 49.3 Å². The number of hydrogen-bond donors (Lipinski definition) is 4. The third-order valence-electron chi connectivity index (χ3n) is 13.6. The molecule has 1 unspecified atom stereocenters. The Bertz CT molecular complexity index is 2420. The van der Waals surface area contributed by atoms with Crippen LogP contribution in [0.1, 0.15) is 116 Å². The van der Waals surface area contributed by atoms with Crippen LogP contribution in [0.15, 0.2) is 94.4 Å². The molecule has 2 aliphatic carbocycles. The zero-order valence-electron chi connectivity index (χ0n) is 38.0. The highest BCUT2D eigenvalue weighted by atomic mass is 32.2. The molecule has 2 aliphatic heterocycles. The Balaban J connectivity index is 0.935. The number of allylic oxidation sites excluding steroid dienone is 8. The van der Waals surface area contributed by atoms with E-state index in [-0.39, 0.29) is 21.8 Å². The lowest BCUT2D eigenvalue weighted by molar-refractivity contribution is -0.401. The summed E-state index contributed by atoms with van der Waals surface area (Å²) in [6, 6.07) is 9.32. The van der Waals surface area contributed by atoms with E-state index in [1.54, 1.807) is 18.2 Å². The molecule has 13 nitrogen and oxygen atoms in total. The van der Waals surface area contributed by atoms with Gasteiger partial charge in [-0.2, -0.15) is 21.4 Å². The van der Waals surface area contributed by atoms with E-state index in [0.717, 1.165) is 91.7 Å². The van der Waals surface area contributed by atoms with Gasteiger partial charge in [-0.15, -0.1) is 0 Å². The monoisotopic (exact) mass is 919 g/mol. The first-order chi connectivity index (χ1) is 30.3. The third kappa shape index (κ3) is 11.8. The molecule has 15 heteroatoms. The minimum Gasteiger partial charge on any atom is -0.449 e. The molecule has 1 saturated carbocycles. The minimum absolute atomic E-state index is 0.0312. The molecule has 1 fully saturated rings. The minimum atomic E-state index is -4.41. The Labute approximate surface area is 380 Å². The van der Waals surface area contributed by atoms with Crippen molar-refractivity contribution in [3.05, 3.63) is 95.8 Å². The molecule has 0 saturated heterocycles. The molecule has 2 aromatic carbocycles. The molecule has 0 bridgehead atoms. The number of fused-ring (bicyclic) bond motifs is 3. The molecule has 4 aliphatic rings. The van der Waals surface area contributed by atoms with E-state index >= 15 is 0 Å². The Hall–Kier alpha value is -4.57. The maximum absolute atomic E-state index is 12.6. The summed E-state index contributed by atoms with van der Waals surface area (Å²) in [6.07, 6.45) is 25.1. The van der Waals surface area contributed by atoms with Gasteiger partial charge in [0.25, 0.3) is 20.2 Å². The van der Waals surface area contributed by atoms with Crippen LogP contribution in [-0.2, 0) is 40.6 Å². The standard InChI is InChI=1S/C49H66N4O9S2/c1-48(2)40-32-35(63(56,57)58)25-27-42(40)52(5)44(48)22-14-10-15-23-45-49(3,4)41-33-36(64(59,60)61)26-28-43(41)53(45)31-19-11-16-24-46(54)50-29-17-8-9-18-30-51-47(55)62-34-39-37-20-12-6-7-13-21-38(37)39/h6-7,10,14-15,22-23,25-28,32-33,37-39H,8-9,11-13,16-21,24,29-31,34H2,1-5H3,(H3-,50,51,54,55,56,57,58,59,60,61)/p+1/b7-6+/t37-,38+,39?. The van der Waals surface area contributed by atoms with Crippen molar-refractivity contribution in [2.45, 2.75) is 125 Å². The Morgan fingerprint density at radius 3 is 2.05 bits per heavy atom. The van der Waals surface area contributed by atoms with Crippen molar-refractivity contribution in [2.75, 3.05) is 38.2 Å². The number of benzene rings is 2. The van der Waals surface area contributed by atoms with E-state index < -0.39 is 31.1 Å². The average molecular weight is 920 g/mol. The summed E-state index contributed by atoms with van der Waals surface area (Å²) >= 11 is 0. The first-order valence-corrected chi connectivity index (χ1v) is 25.7. The van der Waals surface area contributed by atoms with Gasteiger partial charge < -0.3 is 20.3 Å². The number of ether oxygens (including phenoxy) is 1. The number of hydrogen-bond acceptors (Lipinski definition) is 8. The lowest BCUT2D eigenvalue weighted by Crippen LogP contribution is -2.27. The number of nitrogens with zero attached hydrogens (tertiary/aromatic N) is 2. The van der Waals surface area contributed by atoms with Gasteiger partial charge in [-0.05, 0) is 125 Å². The molecule has 2 aromatic rings. The largest absolute Gasteiger partial charge is 0.449 e. The van der Waals surface area contributed by atoms with E-state index in [1.807, 2.05) is 69.7 Å². The molecular weight excluding hydrogens is 853 g/mol. The Morgan fingerprint density at radius 2 is 1.39 bits per heavy atom. The summed E-state index contributed by atoms with van der Waals surface area (Å²) in [6.45, 7) is 10.4. The van der Waals surface area contributed by atoms with Gasteiger partial charge in [0, 0.05) is 60.6 Å². The molecule has 4 N–H and O–H groups in total. The molecule has 3 atom stereocenters. The highest BCUT2D eigenvalue weighted by Gasteiger charge is 2.49. The molecule has 348 valence electrons. The summed E-state index contributed by atoms with van der Waals surface area (Å²) in [4.78, 5) is 26.7. The van der Waals surface area contributed by atoms with Gasteiger partial charge >= 0.3 is 6.09 Å². The summed E-state index contributed by atoms with van der Waals surface area (Å²) in [5, 5.41) is 5.91. The second kappa shape index (κ2) is 20.7. The van der Waals surface area contributed by atoms with Crippen LogP contribution < -0.4 is 15.5 Å². The number of carbonyl (C=O) groups excluding carboxylic acids is 2. The number of alkyl carbamates (subject to hydrolysis) is 1. The fourth-order valence-corrected chi connectivity index (χ4v) is 10.9. The number of rotatable bonds is 20. The molecule has 6 rings (SSSR count). The molecule has 0 radical (unpaired) electrons. The van der Waals surface area contributed by atoms with Crippen LogP contribution >= 0.6 is 0 Å². The molecule has 2 amide bonds. The topological polar surface area (TPSA) is 182 Å². The first kappa shape index (κ1) is 48.9. The van der Waals surface area contributed by atoms with Crippen molar-refractivity contribution in [3.8, 4) is 0 Å². The Morgan fingerprint density at radius 1 is 0.781 bits per heavy atom. The van der Waals surface area contributed by atoms with Crippen LogP contribution in [0, 0.1) is 17.8 Å². The zero-order chi connectivity index (χ0) is 46.3. The molecule has 2 heterocycles. The molecular formula is C49H67N4O9S2+. The summed E-state index contributed by atoms with van der Waals surface area (Å²) in [5.41, 5.74) is 4.07. The highest BCUT2D eigenvalue weighted by molar-refractivity contribution is 7.86. The number of amides is 2. The van der Waals surface area contributed by atoms with Gasteiger partial charge in [0.15, 0.2) is 5.71 Å². The maximum Gasteiger partial charge on any atom is 0.407 e. The maximum atomic E-state index is 12.6. The van der Waals surface area contributed by atoms with Crippen molar-refractivity contribution in [2.24, 2.45) is 17.8 Å². The van der Waals surface area contributed by atoms with Crippen molar-refractivity contribution in [1.82, 2.24) is 10.6 Å². The van der Waals surface area contributed by atoms with Gasteiger partial charge in [-0.25, -0.2) is 4.79 Å². The van der Waals surface area contributed by atoms with Gasteiger partial charge in [0.05, 0.1) is 21.8 Å². The van der Waals surface area contributed by atoms with E-state index in [9.17, 15) is 35.5 Å². The average Bonchev–Trinajstić information content (AvgIpc) is 3.76. The van der Waals surface area contributed by atoms with E-state index in [2.05, 4.69) is 27.7 Å². The Kier molecular flexibility index (Phi) is 15.8. The van der Waals surface area contributed by atoms with Gasteiger partial charge in [-0.1, -0.05) is 63.5 Å². The molecule has 0 aromatic heterocycles. The lowest BCUT2D eigenvalue weighted by atomic mass is 9.81. The van der Waals surface area contributed by atoms with Crippen LogP contribution in [0.4, 0.5) is 16.2 Å². The van der Waals surface area contributed by atoms with Gasteiger partial charge in [0.1, 0.15) is 7.05 Å².